The first-order chi connectivity index (χ1) is 8.10. The summed E-state index contributed by atoms with van der Waals surface area (Å²) in [6, 6.07) is 3.01. The van der Waals surface area contributed by atoms with Crippen LogP contribution in [0.25, 0.3) is 0 Å². The Bertz CT molecular complexity index is 376. The molecule has 0 aliphatic rings. The predicted molar refractivity (Wildman–Crippen MR) is 61.7 cm³/mol. The number of nitrogens with zero attached hydrogens (tertiary/aromatic N) is 1. The van der Waals surface area contributed by atoms with Crippen molar-refractivity contribution >= 4 is 17.6 Å². The van der Waals surface area contributed by atoms with Gasteiger partial charge in [0.15, 0.2) is 5.41 Å². The number of aliphatic hydroxyl groups is 2. The number of halogens is 1. The van der Waals surface area contributed by atoms with Gasteiger partial charge in [-0.1, -0.05) is 11.6 Å². The van der Waals surface area contributed by atoms with Crippen molar-refractivity contribution in [1.29, 1.82) is 0 Å². The molecule has 1 rings (SSSR count). The van der Waals surface area contributed by atoms with E-state index in [1.54, 1.807) is 6.92 Å². The summed E-state index contributed by atoms with van der Waals surface area (Å²) >= 11 is 5.69. The SMILES string of the molecule is CCOC(=O)C(CO)(CO)c1ccc(Cl)cn1. The van der Waals surface area contributed by atoms with E-state index in [0.717, 1.165) is 0 Å². The molecule has 94 valence electrons. The van der Waals surface area contributed by atoms with E-state index in [1.165, 1.54) is 18.3 Å². The lowest BCUT2D eigenvalue weighted by Crippen LogP contribution is -2.45. The summed E-state index contributed by atoms with van der Waals surface area (Å²) in [5, 5.41) is 19.1. The number of aromatic nitrogens is 1. The molecule has 17 heavy (non-hydrogen) atoms. The number of pyridine rings is 1. The van der Waals surface area contributed by atoms with Crippen LogP contribution in [0.4, 0.5) is 0 Å². The smallest absolute Gasteiger partial charge is 0.322 e. The minimum Gasteiger partial charge on any atom is -0.465 e. The topological polar surface area (TPSA) is 79.7 Å². The largest absolute Gasteiger partial charge is 0.465 e. The third kappa shape index (κ3) is 2.74. The molecule has 5 nitrogen and oxygen atoms in total. The normalized spacial score (nSPS) is 11.3. The Morgan fingerprint density at radius 3 is 2.53 bits per heavy atom. The molecular weight excluding hydrogens is 246 g/mol. The number of aliphatic hydroxyl groups excluding tert-OH is 2. The van der Waals surface area contributed by atoms with Gasteiger partial charge in [0.25, 0.3) is 0 Å². The summed E-state index contributed by atoms with van der Waals surface area (Å²) in [5.41, 5.74) is -1.31. The van der Waals surface area contributed by atoms with Gasteiger partial charge in [0, 0.05) is 6.20 Å². The Morgan fingerprint density at radius 1 is 1.47 bits per heavy atom. The van der Waals surface area contributed by atoms with Crippen molar-refractivity contribution in [2.75, 3.05) is 19.8 Å². The molecule has 1 heterocycles. The van der Waals surface area contributed by atoms with Crippen molar-refractivity contribution in [2.24, 2.45) is 0 Å². The molecule has 0 radical (unpaired) electrons. The molecule has 1 aromatic rings. The third-order valence-electron chi connectivity index (χ3n) is 2.42. The van der Waals surface area contributed by atoms with E-state index in [2.05, 4.69) is 4.98 Å². The number of rotatable bonds is 5. The summed E-state index contributed by atoms with van der Waals surface area (Å²) in [6.07, 6.45) is 1.34. The molecule has 2 N–H and O–H groups in total. The van der Waals surface area contributed by atoms with E-state index in [9.17, 15) is 15.0 Å². The lowest BCUT2D eigenvalue weighted by atomic mass is 9.86. The number of carbonyl (C=O) groups excluding carboxylic acids is 1. The molecule has 0 aromatic carbocycles. The predicted octanol–water partition coefficient (Wildman–Crippen LogP) is 0.520. The summed E-state index contributed by atoms with van der Waals surface area (Å²) < 4.78 is 4.84. The molecule has 1 aromatic heterocycles. The van der Waals surface area contributed by atoms with Crippen LogP contribution in [0, 0.1) is 0 Å². The summed E-state index contributed by atoms with van der Waals surface area (Å²) in [6.45, 7) is 0.634. The number of esters is 1. The first kappa shape index (κ1) is 13.9. The van der Waals surface area contributed by atoms with Crippen molar-refractivity contribution in [3.8, 4) is 0 Å². The monoisotopic (exact) mass is 259 g/mol. The molecule has 0 bridgehead atoms. The zero-order chi connectivity index (χ0) is 12.9. The maximum absolute atomic E-state index is 11.8. The third-order valence-corrected chi connectivity index (χ3v) is 2.65. The van der Waals surface area contributed by atoms with E-state index in [0.29, 0.717) is 5.02 Å². The highest BCUT2D eigenvalue weighted by molar-refractivity contribution is 6.30. The van der Waals surface area contributed by atoms with Gasteiger partial charge in [0.05, 0.1) is 30.5 Å². The minimum atomic E-state index is -1.54. The van der Waals surface area contributed by atoms with Gasteiger partial charge in [-0.15, -0.1) is 0 Å². The van der Waals surface area contributed by atoms with E-state index < -0.39 is 24.6 Å². The fraction of sp³-hybridized carbons (Fsp3) is 0.455. The Balaban J connectivity index is 3.14. The van der Waals surface area contributed by atoms with Crippen LogP contribution in [0.2, 0.25) is 5.02 Å². The molecule has 0 aliphatic heterocycles. The van der Waals surface area contributed by atoms with Gasteiger partial charge in [0.2, 0.25) is 0 Å². The molecule has 6 heteroatoms. The van der Waals surface area contributed by atoms with Crippen molar-refractivity contribution in [3.63, 3.8) is 0 Å². The van der Waals surface area contributed by atoms with Crippen molar-refractivity contribution in [3.05, 3.63) is 29.0 Å². The first-order valence-corrected chi connectivity index (χ1v) is 5.49. The summed E-state index contributed by atoms with van der Waals surface area (Å²) in [5.74, 6) is -0.708. The highest BCUT2D eigenvalue weighted by atomic mass is 35.5. The lowest BCUT2D eigenvalue weighted by Gasteiger charge is -2.26. The van der Waals surface area contributed by atoms with E-state index >= 15 is 0 Å². The van der Waals surface area contributed by atoms with Crippen LogP contribution in [-0.4, -0.2) is 41.0 Å². The van der Waals surface area contributed by atoms with Gasteiger partial charge >= 0.3 is 5.97 Å². The van der Waals surface area contributed by atoms with Crippen molar-refractivity contribution in [2.45, 2.75) is 12.3 Å². The molecule has 0 saturated heterocycles. The van der Waals surface area contributed by atoms with Gasteiger partial charge in [-0.25, -0.2) is 0 Å². The molecular formula is C11H14ClNO4. The Labute approximate surface area is 104 Å². The second-order valence-corrected chi connectivity index (χ2v) is 3.92. The number of ether oxygens (including phenoxy) is 1. The van der Waals surface area contributed by atoms with Crippen LogP contribution in [0.15, 0.2) is 18.3 Å². The van der Waals surface area contributed by atoms with Gasteiger partial charge in [-0.2, -0.15) is 0 Å². The molecule has 0 unspecified atom stereocenters. The molecule has 0 spiro atoms. The van der Waals surface area contributed by atoms with E-state index in [1.807, 2.05) is 0 Å². The van der Waals surface area contributed by atoms with E-state index in [4.69, 9.17) is 16.3 Å². The number of hydrogen-bond donors (Lipinski definition) is 2. The maximum Gasteiger partial charge on any atom is 0.322 e. The molecule has 0 saturated carbocycles. The minimum absolute atomic E-state index is 0.161. The van der Waals surface area contributed by atoms with Crippen LogP contribution in [0.1, 0.15) is 12.6 Å². The zero-order valence-electron chi connectivity index (χ0n) is 9.39. The molecule has 0 aliphatic carbocycles. The molecule has 0 amide bonds. The Hall–Kier alpha value is -1.17. The lowest BCUT2D eigenvalue weighted by molar-refractivity contribution is -0.154. The second-order valence-electron chi connectivity index (χ2n) is 3.48. The highest BCUT2D eigenvalue weighted by Crippen LogP contribution is 2.24. The quantitative estimate of drug-likeness (QED) is 0.754. The van der Waals surface area contributed by atoms with Gasteiger partial charge in [-0.3, -0.25) is 9.78 Å². The summed E-state index contributed by atoms with van der Waals surface area (Å²) in [7, 11) is 0. The fourth-order valence-corrected chi connectivity index (χ4v) is 1.49. The van der Waals surface area contributed by atoms with Crippen molar-refractivity contribution in [1.82, 2.24) is 4.98 Å². The zero-order valence-corrected chi connectivity index (χ0v) is 10.1. The van der Waals surface area contributed by atoms with Crippen LogP contribution in [0.5, 0.6) is 0 Å². The van der Waals surface area contributed by atoms with Crippen LogP contribution in [0.3, 0.4) is 0 Å². The van der Waals surface area contributed by atoms with Gasteiger partial charge < -0.3 is 14.9 Å². The Morgan fingerprint density at radius 2 is 2.12 bits per heavy atom. The van der Waals surface area contributed by atoms with E-state index in [-0.39, 0.29) is 12.3 Å². The number of carbonyl (C=O) groups is 1. The average Bonchev–Trinajstić information content (AvgIpc) is 2.34. The fourth-order valence-electron chi connectivity index (χ4n) is 1.37. The van der Waals surface area contributed by atoms with Gasteiger partial charge in [0.1, 0.15) is 0 Å². The van der Waals surface area contributed by atoms with Crippen LogP contribution >= 0.6 is 11.6 Å². The first-order valence-electron chi connectivity index (χ1n) is 5.11. The average molecular weight is 260 g/mol. The molecule has 0 atom stereocenters. The summed E-state index contributed by atoms with van der Waals surface area (Å²) in [4.78, 5) is 15.7. The highest BCUT2D eigenvalue weighted by Gasteiger charge is 2.42. The van der Waals surface area contributed by atoms with Crippen LogP contribution in [-0.2, 0) is 14.9 Å². The van der Waals surface area contributed by atoms with Crippen molar-refractivity contribution < 1.29 is 19.7 Å². The van der Waals surface area contributed by atoms with Gasteiger partial charge in [-0.05, 0) is 19.1 Å². The maximum atomic E-state index is 11.8. The Kier molecular flexibility index (Phi) is 4.86. The number of hydrogen-bond acceptors (Lipinski definition) is 5. The second kappa shape index (κ2) is 5.95. The standard InChI is InChI=1S/C11H14ClNO4/c1-2-17-10(16)11(6-14,7-15)9-4-3-8(12)5-13-9/h3-5,14-15H,2,6-7H2,1H3. The van der Waals surface area contributed by atoms with Crippen LogP contribution < -0.4 is 0 Å². The molecule has 0 fully saturated rings.